The fourth-order valence-corrected chi connectivity index (χ4v) is 2.34. The SMILES string of the molecule is Cc1ccc(OCCCCCCCCCCC=C(F)F)cc1. The number of allylic oxidation sites excluding steroid dienone is 1. The lowest BCUT2D eigenvalue weighted by molar-refractivity contribution is 0.304. The molecule has 0 saturated carbocycles. The van der Waals surface area contributed by atoms with Gasteiger partial charge in [-0.15, -0.1) is 0 Å². The average molecular weight is 310 g/mol. The number of halogens is 2. The Bertz CT molecular complexity index is 408. The molecule has 0 aliphatic carbocycles. The quantitative estimate of drug-likeness (QED) is 0.392. The predicted octanol–water partition coefficient (Wildman–Crippen LogP) is 6.67. The van der Waals surface area contributed by atoms with Gasteiger partial charge in [0.05, 0.1) is 6.61 Å². The van der Waals surface area contributed by atoms with Gasteiger partial charge in [-0.2, -0.15) is 8.78 Å². The van der Waals surface area contributed by atoms with Crippen LogP contribution in [0.2, 0.25) is 0 Å². The molecule has 0 radical (unpaired) electrons. The van der Waals surface area contributed by atoms with Crippen LogP contribution in [0.5, 0.6) is 5.75 Å². The Kier molecular flexibility index (Phi) is 10.3. The van der Waals surface area contributed by atoms with Gasteiger partial charge in [-0.1, -0.05) is 56.2 Å². The molecule has 124 valence electrons. The second-order valence-corrected chi connectivity index (χ2v) is 5.77. The topological polar surface area (TPSA) is 9.23 Å². The highest BCUT2D eigenvalue weighted by molar-refractivity contribution is 5.26. The minimum atomic E-state index is -1.55. The first-order chi connectivity index (χ1) is 10.7. The normalized spacial score (nSPS) is 10.5. The van der Waals surface area contributed by atoms with Crippen molar-refractivity contribution >= 4 is 0 Å². The summed E-state index contributed by atoms with van der Waals surface area (Å²) in [7, 11) is 0. The largest absolute Gasteiger partial charge is 0.494 e. The molecule has 3 heteroatoms. The van der Waals surface area contributed by atoms with Crippen LogP contribution in [0.25, 0.3) is 0 Å². The Morgan fingerprint density at radius 2 is 1.41 bits per heavy atom. The number of hydrogen-bond donors (Lipinski definition) is 0. The van der Waals surface area contributed by atoms with E-state index in [9.17, 15) is 8.78 Å². The van der Waals surface area contributed by atoms with Crippen molar-refractivity contribution in [1.29, 1.82) is 0 Å². The summed E-state index contributed by atoms with van der Waals surface area (Å²) >= 11 is 0. The van der Waals surface area contributed by atoms with E-state index in [-0.39, 0.29) is 0 Å². The van der Waals surface area contributed by atoms with E-state index in [1.54, 1.807) is 0 Å². The Balaban J connectivity index is 1.84. The number of benzene rings is 1. The lowest BCUT2D eigenvalue weighted by atomic mass is 10.1. The van der Waals surface area contributed by atoms with Gasteiger partial charge < -0.3 is 4.74 Å². The summed E-state index contributed by atoms with van der Waals surface area (Å²) in [6.45, 7) is 2.85. The van der Waals surface area contributed by atoms with Crippen molar-refractivity contribution in [3.05, 3.63) is 42.0 Å². The first-order valence-electron chi connectivity index (χ1n) is 8.39. The summed E-state index contributed by atoms with van der Waals surface area (Å²) in [4.78, 5) is 0. The number of unbranched alkanes of at least 4 members (excludes halogenated alkanes) is 8. The van der Waals surface area contributed by atoms with Gasteiger partial charge in [0.25, 0.3) is 6.08 Å². The molecule has 22 heavy (non-hydrogen) atoms. The molecule has 0 atom stereocenters. The molecule has 0 N–H and O–H groups in total. The van der Waals surface area contributed by atoms with E-state index in [4.69, 9.17) is 4.74 Å². The molecule has 0 saturated heterocycles. The van der Waals surface area contributed by atoms with Gasteiger partial charge in [0.2, 0.25) is 0 Å². The van der Waals surface area contributed by atoms with Crippen molar-refractivity contribution in [3.63, 3.8) is 0 Å². The highest BCUT2D eigenvalue weighted by Gasteiger charge is 1.95. The molecule has 0 unspecified atom stereocenters. The zero-order valence-corrected chi connectivity index (χ0v) is 13.6. The number of ether oxygens (including phenoxy) is 1. The highest BCUT2D eigenvalue weighted by Crippen LogP contribution is 2.13. The van der Waals surface area contributed by atoms with E-state index in [2.05, 4.69) is 19.1 Å². The third-order valence-corrected chi connectivity index (χ3v) is 3.69. The molecular formula is C19H28F2O. The van der Waals surface area contributed by atoms with Gasteiger partial charge in [-0.05, 0) is 44.4 Å². The first kappa shape index (κ1) is 18.7. The van der Waals surface area contributed by atoms with Gasteiger partial charge in [-0.3, -0.25) is 0 Å². The molecular weight excluding hydrogens is 282 g/mol. The monoisotopic (exact) mass is 310 g/mol. The van der Waals surface area contributed by atoms with Crippen molar-refractivity contribution in [2.45, 2.75) is 64.7 Å². The summed E-state index contributed by atoms with van der Waals surface area (Å²) < 4.78 is 29.3. The zero-order valence-electron chi connectivity index (χ0n) is 13.6. The van der Waals surface area contributed by atoms with Crippen LogP contribution in [0.1, 0.15) is 63.4 Å². The predicted molar refractivity (Wildman–Crippen MR) is 88.5 cm³/mol. The third kappa shape index (κ3) is 10.4. The van der Waals surface area contributed by atoms with E-state index < -0.39 is 6.08 Å². The van der Waals surface area contributed by atoms with E-state index in [1.807, 2.05) is 12.1 Å². The van der Waals surface area contributed by atoms with E-state index in [0.717, 1.165) is 44.1 Å². The minimum Gasteiger partial charge on any atom is -0.494 e. The van der Waals surface area contributed by atoms with Crippen LogP contribution >= 0.6 is 0 Å². The van der Waals surface area contributed by atoms with Crippen LogP contribution in [0, 0.1) is 6.92 Å². The maximum atomic E-state index is 11.8. The molecule has 0 heterocycles. The van der Waals surface area contributed by atoms with E-state index in [1.165, 1.54) is 31.2 Å². The second kappa shape index (κ2) is 12.2. The molecule has 1 aromatic rings. The molecule has 1 aromatic carbocycles. The Labute approximate surface area is 133 Å². The van der Waals surface area contributed by atoms with Crippen molar-refractivity contribution < 1.29 is 13.5 Å². The Hall–Kier alpha value is -1.38. The van der Waals surface area contributed by atoms with Crippen LogP contribution in [0.4, 0.5) is 8.78 Å². The smallest absolute Gasteiger partial charge is 0.266 e. The molecule has 1 rings (SSSR count). The van der Waals surface area contributed by atoms with Gasteiger partial charge in [-0.25, -0.2) is 0 Å². The van der Waals surface area contributed by atoms with Crippen molar-refractivity contribution in [2.75, 3.05) is 6.61 Å². The number of rotatable bonds is 12. The third-order valence-electron chi connectivity index (χ3n) is 3.69. The molecule has 0 aliphatic heterocycles. The van der Waals surface area contributed by atoms with Crippen LogP contribution < -0.4 is 4.74 Å². The lowest BCUT2D eigenvalue weighted by Gasteiger charge is -2.06. The van der Waals surface area contributed by atoms with Crippen molar-refractivity contribution in [1.82, 2.24) is 0 Å². The van der Waals surface area contributed by atoms with Crippen LogP contribution in [-0.2, 0) is 0 Å². The summed E-state index contributed by atoms with van der Waals surface area (Å²) in [6, 6.07) is 8.15. The molecule has 0 aliphatic rings. The molecule has 1 nitrogen and oxygen atoms in total. The Morgan fingerprint density at radius 3 is 2.00 bits per heavy atom. The minimum absolute atomic E-state index is 0.513. The van der Waals surface area contributed by atoms with Crippen LogP contribution in [-0.4, -0.2) is 6.61 Å². The van der Waals surface area contributed by atoms with Crippen molar-refractivity contribution in [2.24, 2.45) is 0 Å². The highest BCUT2D eigenvalue weighted by atomic mass is 19.3. The summed E-state index contributed by atoms with van der Waals surface area (Å²) in [5, 5.41) is 0. The second-order valence-electron chi connectivity index (χ2n) is 5.77. The molecule has 0 amide bonds. The lowest BCUT2D eigenvalue weighted by Crippen LogP contribution is -1.97. The van der Waals surface area contributed by atoms with Gasteiger partial charge in [0, 0.05) is 0 Å². The van der Waals surface area contributed by atoms with Gasteiger partial charge in [0.1, 0.15) is 5.75 Å². The summed E-state index contributed by atoms with van der Waals surface area (Å²) in [5.41, 5.74) is 1.25. The van der Waals surface area contributed by atoms with Gasteiger partial charge in [0.15, 0.2) is 0 Å². The molecule has 0 spiro atoms. The standard InChI is InChI=1S/C19H28F2O/c1-17-12-14-18(15-13-17)22-16-10-8-6-4-2-3-5-7-9-11-19(20)21/h11-15H,2-10,16H2,1H3. The zero-order chi connectivity index (χ0) is 16.0. The summed E-state index contributed by atoms with van der Waals surface area (Å²) in [5.74, 6) is 0.948. The maximum absolute atomic E-state index is 11.8. The van der Waals surface area contributed by atoms with E-state index >= 15 is 0 Å². The van der Waals surface area contributed by atoms with Crippen LogP contribution in [0.3, 0.4) is 0 Å². The van der Waals surface area contributed by atoms with Gasteiger partial charge >= 0.3 is 0 Å². The molecule has 0 fully saturated rings. The fraction of sp³-hybridized carbons (Fsp3) is 0.579. The molecule has 0 bridgehead atoms. The Morgan fingerprint density at radius 1 is 0.864 bits per heavy atom. The summed E-state index contributed by atoms with van der Waals surface area (Å²) in [6.07, 6.45) is 9.04. The maximum Gasteiger partial charge on any atom is 0.266 e. The fourth-order valence-electron chi connectivity index (χ4n) is 2.34. The number of aryl methyl sites for hydroxylation is 1. The number of hydrogen-bond acceptors (Lipinski definition) is 1. The first-order valence-corrected chi connectivity index (χ1v) is 8.39. The van der Waals surface area contributed by atoms with Crippen molar-refractivity contribution in [3.8, 4) is 5.75 Å². The molecule has 0 aromatic heterocycles. The van der Waals surface area contributed by atoms with E-state index in [0.29, 0.717) is 6.42 Å². The average Bonchev–Trinajstić information content (AvgIpc) is 2.50. The van der Waals surface area contributed by atoms with Crippen LogP contribution in [0.15, 0.2) is 36.4 Å².